The van der Waals surface area contributed by atoms with Crippen molar-refractivity contribution in [1.82, 2.24) is 0 Å². The molecule has 2 unspecified atom stereocenters. The Balaban J connectivity index is 1.74. The molecule has 0 aliphatic carbocycles. The van der Waals surface area contributed by atoms with Crippen molar-refractivity contribution in [3.63, 3.8) is 0 Å². The van der Waals surface area contributed by atoms with E-state index in [9.17, 15) is 9.50 Å². The van der Waals surface area contributed by atoms with Crippen molar-refractivity contribution < 1.29 is 19.0 Å². The lowest BCUT2D eigenvalue weighted by Gasteiger charge is -2.24. The van der Waals surface area contributed by atoms with Crippen LogP contribution >= 0.6 is 23.2 Å². The predicted octanol–water partition coefficient (Wildman–Crippen LogP) is 4.42. The zero-order valence-corrected chi connectivity index (χ0v) is 15.5. The summed E-state index contributed by atoms with van der Waals surface area (Å²) in [6.45, 7) is 1.28. The highest BCUT2D eigenvalue weighted by Crippen LogP contribution is 2.33. The van der Waals surface area contributed by atoms with Gasteiger partial charge in [0.2, 0.25) is 0 Å². The van der Waals surface area contributed by atoms with Gasteiger partial charge < -0.3 is 20.3 Å². The fourth-order valence-corrected chi connectivity index (χ4v) is 3.21. The lowest BCUT2D eigenvalue weighted by molar-refractivity contribution is 0.0254. The number of nitrogens with two attached hydrogens (primary N) is 1. The minimum absolute atomic E-state index is 0.0115. The second kappa shape index (κ2) is 8.55. The first-order valence-electron chi connectivity index (χ1n) is 8.38. The first kappa shape index (κ1) is 19.4. The van der Waals surface area contributed by atoms with Crippen LogP contribution in [0.25, 0.3) is 0 Å². The summed E-state index contributed by atoms with van der Waals surface area (Å²) in [6, 6.07) is 8.37. The summed E-state index contributed by atoms with van der Waals surface area (Å²) in [6.07, 6.45) is 0.323. The Morgan fingerprint density at radius 3 is 2.50 bits per heavy atom. The van der Waals surface area contributed by atoms with Crippen LogP contribution in [0.5, 0.6) is 5.75 Å². The van der Waals surface area contributed by atoms with E-state index in [2.05, 4.69) is 0 Å². The lowest BCUT2D eigenvalue weighted by Crippen LogP contribution is -2.26. The summed E-state index contributed by atoms with van der Waals surface area (Å²) in [7, 11) is 0. The third-order valence-electron chi connectivity index (χ3n) is 4.43. The van der Waals surface area contributed by atoms with E-state index in [4.69, 9.17) is 38.4 Å². The molecule has 0 bridgehead atoms. The smallest absolute Gasteiger partial charge is 0.132 e. The topological polar surface area (TPSA) is 64.7 Å². The normalized spacial score (nSPS) is 17.7. The standard InChI is InChI=1S/C19H20Cl2FNO3/c20-15-4-1-11(9-16(15)21)18(23)19(24)14-3-2-13(10-17(14)22)26-12-5-7-25-8-6-12/h1-4,9-10,12,18-19,24H,5-8,23H2. The quantitative estimate of drug-likeness (QED) is 0.780. The fraction of sp³-hybridized carbons (Fsp3) is 0.368. The van der Waals surface area contributed by atoms with Crippen molar-refractivity contribution >= 4 is 23.2 Å². The Bertz CT molecular complexity index is 768. The van der Waals surface area contributed by atoms with Crippen molar-refractivity contribution in [2.45, 2.75) is 31.1 Å². The molecule has 2 atom stereocenters. The van der Waals surface area contributed by atoms with E-state index in [-0.39, 0.29) is 11.7 Å². The second-order valence-electron chi connectivity index (χ2n) is 6.26. The van der Waals surface area contributed by atoms with Crippen LogP contribution in [0.3, 0.4) is 0 Å². The van der Waals surface area contributed by atoms with Gasteiger partial charge in [0.25, 0.3) is 0 Å². The molecule has 3 N–H and O–H groups in total. The van der Waals surface area contributed by atoms with Crippen LogP contribution in [0.1, 0.15) is 36.1 Å². The van der Waals surface area contributed by atoms with Gasteiger partial charge >= 0.3 is 0 Å². The van der Waals surface area contributed by atoms with Crippen molar-refractivity contribution in [3.8, 4) is 5.75 Å². The van der Waals surface area contributed by atoms with Crippen molar-refractivity contribution in [2.24, 2.45) is 5.73 Å². The molecule has 1 fully saturated rings. The molecule has 3 rings (SSSR count). The number of aliphatic hydroxyl groups excluding tert-OH is 1. The summed E-state index contributed by atoms with van der Waals surface area (Å²) < 4.78 is 25.6. The fourth-order valence-electron chi connectivity index (χ4n) is 2.90. The van der Waals surface area contributed by atoms with Crippen LogP contribution in [0.15, 0.2) is 36.4 Å². The van der Waals surface area contributed by atoms with E-state index >= 15 is 0 Å². The molecule has 7 heteroatoms. The van der Waals surface area contributed by atoms with Crippen LogP contribution in [0.4, 0.5) is 4.39 Å². The van der Waals surface area contributed by atoms with Gasteiger partial charge in [0.1, 0.15) is 23.8 Å². The SMILES string of the molecule is NC(c1ccc(Cl)c(Cl)c1)C(O)c1ccc(OC2CCOCC2)cc1F. The molecule has 2 aromatic carbocycles. The van der Waals surface area contributed by atoms with E-state index in [1.807, 2.05) is 0 Å². The minimum atomic E-state index is -1.23. The van der Waals surface area contributed by atoms with E-state index in [1.54, 1.807) is 24.3 Å². The highest BCUT2D eigenvalue weighted by atomic mass is 35.5. The Kier molecular flexibility index (Phi) is 6.37. The van der Waals surface area contributed by atoms with Gasteiger partial charge in [-0.25, -0.2) is 4.39 Å². The molecule has 0 amide bonds. The van der Waals surface area contributed by atoms with Gasteiger partial charge in [0, 0.05) is 24.5 Å². The number of hydrogen-bond donors (Lipinski definition) is 2. The zero-order chi connectivity index (χ0) is 18.7. The Morgan fingerprint density at radius 2 is 1.85 bits per heavy atom. The maximum Gasteiger partial charge on any atom is 0.132 e. The molecule has 1 aliphatic rings. The first-order valence-corrected chi connectivity index (χ1v) is 9.13. The third kappa shape index (κ3) is 4.48. The molecular formula is C19H20Cl2FNO3. The largest absolute Gasteiger partial charge is 0.490 e. The highest BCUT2D eigenvalue weighted by molar-refractivity contribution is 6.42. The molecule has 0 aromatic heterocycles. The average Bonchev–Trinajstić information content (AvgIpc) is 2.64. The molecule has 1 saturated heterocycles. The zero-order valence-electron chi connectivity index (χ0n) is 14.0. The second-order valence-corrected chi connectivity index (χ2v) is 7.07. The number of hydrogen-bond acceptors (Lipinski definition) is 4. The van der Waals surface area contributed by atoms with Crippen LogP contribution in [-0.4, -0.2) is 24.4 Å². The monoisotopic (exact) mass is 399 g/mol. The van der Waals surface area contributed by atoms with Gasteiger partial charge in [-0.1, -0.05) is 29.3 Å². The van der Waals surface area contributed by atoms with Crippen LogP contribution in [0.2, 0.25) is 10.0 Å². The molecule has 4 nitrogen and oxygen atoms in total. The molecular weight excluding hydrogens is 380 g/mol. The minimum Gasteiger partial charge on any atom is -0.490 e. The van der Waals surface area contributed by atoms with Gasteiger partial charge in [0.05, 0.1) is 29.3 Å². The molecule has 26 heavy (non-hydrogen) atoms. The summed E-state index contributed by atoms with van der Waals surface area (Å²) >= 11 is 11.9. The van der Waals surface area contributed by atoms with Crippen molar-refractivity contribution in [2.75, 3.05) is 13.2 Å². The van der Waals surface area contributed by atoms with E-state index in [1.165, 1.54) is 12.1 Å². The Morgan fingerprint density at radius 1 is 1.12 bits per heavy atom. The number of rotatable bonds is 5. The lowest BCUT2D eigenvalue weighted by atomic mass is 9.96. The summed E-state index contributed by atoms with van der Waals surface area (Å²) in [5, 5.41) is 11.2. The molecule has 1 heterocycles. The van der Waals surface area contributed by atoms with Crippen molar-refractivity contribution in [3.05, 3.63) is 63.4 Å². The number of halogens is 3. The van der Waals surface area contributed by atoms with Gasteiger partial charge in [0.15, 0.2) is 0 Å². The van der Waals surface area contributed by atoms with Gasteiger partial charge in [-0.3, -0.25) is 0 Å². The molecule has 140 valence electrons. The maximum atomic E-state index is 14.5. The highest BCUT2D eigenvalue weighted by Gasteiger charge is 2.23. The van der Waals surface area contributed by atoms with Crippen LogP contribution in [-0.2, 0) is 4.74 Å². The predicted molar refractivity (Wildman–Crippen MR) is 99.2 cm³/mol. The first-order chi connectivity index (χ1) is 12.5. The summed E-state index contributed by atoms with van der Waals surface area (Å²) in [4.78, 5) is 0. The molecule has 0 radical (unpaired) electrons. The van der Waals surface area contributed by atoms with Gasteiger partial charge in [-0.15, -0.1) is 0 Å². The molecule has 0 spiro atoms. The van der Waals surface area contributed by atoms with Crippen molar-refractivity contribution in [1.29, 1.82) is 0 Å². The third-order valence-corrected chi connectivity index (χ3v) is 5.17. The summed E-state index contributed by atoms with van der Waals surface area (Å²) in [5.41, 5.74) is 6.75. The van der Waals surface area contributed by atoms with E-state index < -0.39 is 18.0 Å². The van der Waals surface area contributed by atoms with Crippen LogP contribution < -0.4 is 10.5 Å². The van der Waals surface area contributed by atoms with Crippen LogP contribution in [0, 0.1) is 5.82 Å². The molecule has 1 aliphatic heterocycles. The van der Waals surface area contributed by atoms with E-state index in [0.717, 1.165) is 12.8 Å². The summed E-state index contributed by atoms with van der Waals surface area (Å²) in [5.74, 6) is -0.147. The Hall–Kier alpha value is -1.37. The number of ether oxygens (including phenoxy) is 2. The Labute approximate surface area is 161 Å². The number of aliphatic hydroxyl groups is 1. The molecule has 0 saturated carbocycles. The van der Waals surface area contributed by atoms with Gasteiger partial charge in [-0.05, 0) is 29.8 Å². The maximum absolute atomic E-state index is 14.5. The molecule has 2 aromatic rings. The average molecular weight is 400 g/mol. The van der Waals surface area contributed by atoms with E-state index in [0.29, 0.717) is 34.6 Å². The van der Waals surface area contributed by atoms with Gasteiger partial charge in [-0.2, -0.15) is 0 Å². The number of benzene rings is 2.